The molecule has 0 unspecified atom stereocenters. The highest BCUT2D eigenvalue weighted by Gasteiger charge is 2.17. The molecule has 0 fully saturated rings. The van der Waals surface area contributed by atoms with Crippen molar-refractivity contribution in [2.24, 2.45) is 0 Å². The molecule has 7 heteroatoms. The van der Waals surface area contributed by atoms with Crippen molar-refractivity contribution in [3.8, 4) is 5.75 Å². The van der Waals surface area contributed by atoms with E-state index < -0.39 is 11.9 Å². The van der Waals surface area contributed by atoms with Gasteiger partial charge in [0.1, 0.15) is 29.4 Å². The quantitative estimate of drug-likeness (QED) is 0.742. The number of carbonyl (C=O) groups is 2. The maximum atomic E-state index is 12.0. The Labute approximate surface area is 144 Å². The van der Waals surface area contributed by atoms with Crippen molar-refractivity contribution in [1.82, 2.24) is 0 Å². The van der Waals surface area contributed by atoms with Gasteiger partial charge in [0, 0.05) is 10.6 Å². The molecule has 0 spiro atoms. The van der Waals surface area contributed by atoms with Crippen LogP contribution in [0.1, 0.15) is 27.4 Å². The Morgan fingerprint density at radius 1 is 1.21 bits per heavy atom. The molecule has 1 aromatic heterocycles. The van der Waals surface area contributed by atoms with E-state index in [0.29, 0.717) is 33.4 Å². The number of rotatable bonds is 6. The fourth-order valence-electron chi connectivity index (χ4n) is 2.17. The van der Waals surface area contributed by atoms with Gasteiger partial charge in [0.15, 0.2) is 0 Å². The smallest absolute Gasteiger partial charge is 0.341 e. The van der Waals surface area contributed by atoms with Crippen molar-refractivity contribution < 1.29 is 28.2 Å². The Bertz CT molecular complexity index is 750. The summed E-state index contributed by atoms with van der Waals surface area (Å²) in [5, 5.41) is 0.503. The van der Waals surface area contributed by atoms with Gasteiger partial charge in [-0.15, -0.1) is 0 Å². The van der Waals surface area contributed by atoms with Crippen molar-refractivity contribution in [2.45, 2.75) is 20.0 Å². The molecule has 0 aliphatic carbocycles. The summed E-state index contributed by atoms with van der Waals surface area (Å²) in [6, 6.07) is 6.50. The van der Waals surface area contributed by atoms with Crippen LogP contribution < -0.4 is 4.74 Å². The highest BCUT2D eigenvalue weighted by atomic mass is 35.5. The average molecular weight is 353 g/mol. The van der Waals surface area contributed by atoms with Gasteiger partial charge in [-0.25, -0.2) is 4.79 Å². The lowest BCUT2D eigenvalue weighted by atomic mass is 10.1. The molecule has 1 aromatic carbocycles. The summed E-state index contributed by atoms with van der Waals surface area (Å²) in [6.45, 7) is 1.55. The maximum absolute atomic E-state index is 12.0. The number of benzene rings is 1. The molecule has 128 valence electrons. The molecular formula is C17H17ClO6. The van der Waals surface area contributed by atoms with Crippen LogP contribution in [0, 0.1) is 6.92 Å². The van der Waals surface area contributed by atoms with Crippen LogP contribution in [-0.2, 0) is 27.3 Å². The molecule has 2 aromatic rings. The third kappa shape index (κ3) is 4.29. The number of carbonyl (C=O) groups excluding carboxylic acids is 2. The van der Waals surface area contributed by atoms with E-state index in [9.17, 15) is 9.59 Å². The van der Waals surface area contributed by atoms with Crippen molar-refractivity contribution >= 4 is 23.5 Å². The van der Waals surface area contributed by atoms with E-state index in [2.05, 4.69) is 4.74 Å². The minimum Gasteiger partial charge on any atom is -0.496 e. The zero-order chi connectivity index (χ0) is 17.7. The normalized spacial score (nSPS) is 10.3. The van der Waals surface area contributed by atoms with Gasteiger partial charge in [0.05, 0.1) is 20.6 Å². The van der Waals surface area contributed by atoms with Gasteiger partial charge in [-0.05, 0) is 31.2 Å². The van der Waals surface area contributed by atoms with Crippen LogP contribution in [0.3, 0.4) is 0 Å². The fraction of sp³-hybridized carbons (Fsp3) is 0.294. The highest BCUT2D eigenvalue weighted by molar-refractivity contribution is 6.30. The molecule has 24 heavy (non-hydrogen) atoms. The van der Waals surface area contributed by atoms with E-state index in [-0.39, 0.29) is 13.0 Å². The topological polar surface area (TPSA) is 75.0 Å². The van der Waals surface area contributed by atoms with Gasteiger partial charge < -0.3 is 18.6 Å². The zero-order valence-electron chi connectivity index (χ0n) is 13.6. The Hall–Kier alpha value is -2.47. The lowest BCUT2D eigenvalue weighted by Gasteiger charge is -2.08. The van der Waals surface area contributed by atoms with Gasteiger partial charge in [-0.1, -0.05) is 11.6 Å². The number of ether oxygens (including phenoxy) is 3. The number of hydrogen-bond acceptors (Lipinski definition) is 6. The van der Waals surface area contributed by atoms with E-state index in [1.54, 1.807) is 25.1 Å². The lowest BCUT2D eigenvalue weighted by Crippen LogP contribution is -2.08. The number of esters is 2. The summed E-state index contributed by atoms with van der Waals surface area (Å²) in [6.07, 6.45) is 0.00723. The van der Waals surface area contributed by atoms with Crippen molar-refractivity contribution in [3.05, 3.63) is 51.9 Å². The SMILES string of the molecule is COC(=O)c1cc(COC(=O)Cc2cc(Cl)ccc2OC)oc1C. The second-order valence-electron chi connectivity index (χ2n) is 4.97. The molecule has 0 N–H and O–H groups in total. The van der Waals surface area contributed by atoms with Gasteiger partial charge in [-0.2, -0.15) is 0 Å². The summed E-state index contributed by atoms with van der Waals surface area (Å²) >= 11 is 5.93. The largest absolute Gasteiger partial charge is 0.496 e. The Balaban J connectivity index is 1.99. The van der Waals surface area contributed by atoms with Crippen LogP contribution in [0.2, 0.25) is 5.02 Å². The van der Waals surface area contributed by atoms with E-state index in [1.165, 1.54) is 20.3 Å². The minimum absolute atomic E-state index is 0.00723. The van der Waals surface area contributed by atoms with E-state index in [0.717, 1.165) is 0 Å². The van der Waals surface area contributed by atoms with Crippen LogP contribution in [0.15, 0.2) is 28.7 Å². The van der Waals surface area contributed by atoms with Gasteiger partial charge in [0.25, 0.3) is 0 Å². The van der Waals surface area contributed by atoms with Crippen molar-refractivity contribution in [3.63, 3.8) is 0 Å². The van der Waals surface area contributed by atoms with Crippen LogP contribution >= 0.6 is 11.6 Å². The standard InChI is InChI=1S/C17H17ClO6/c1-10-14(17(20)22-3)8-13(24-10)9-23-16(19)7-11-6-12(18)4-5-15(11)21-2/h4-6,8H,7,9H2,1-3H3. The Kier molecular flexibility index (Phi) is 5.87. The molecule has 0 saturated heterocycles. The summed E-state index contributed by atoms with van der Waals surface area (Å²) < 4.78 is 20.4. The summed E-state index contributed by atoms with van der Waals surface area (Å²) in [5.74, 6) is 0.351. The molecule has 0 amide bonds. The first-order valence-electron chi connectivity index (χ1n) is 7.10. The number of methoxy groups -OCH3 is 2. The van der Waals surface area contributed by atoms with Crippen LogP contribution in [0.4, 0.5) is 0 Å². The predicted molar refractivity (Wildman–Crippen MR) is 86.3 cm³/mol. The fourth-order valence-corrected chi connectivity index (χ4v) is 2.37. The Morgan fingerprint density at radius 2 is 1.96 bits per heavy atom. The molecule has 0 radical (unpaired) electrons. The monoisotopic (exact) mass is 352 g/mol. The number of furan rings is 1. The van der Waals surface area contributed by atoms with E-state index in [1.807, 2.05) is 0 Å². The molecule has 0 aliphatic rings. The molecule has 0 atom stereocenters. The van der Waals surface area contributed by atoms with Gasteiger partial charge in [-0.3, -0.25) is 4.79 Å². The lowest BCUT2D eigenvalue weighted by molar-refractivity contribution is -0.144. The van der Waals surface area contributed by atoms with Gasteiger partial charge >= 0.3 is 11.9 Å². The first-order valence-corrected chi connectivity index (χ1v) is 7.48. The first-order chi connectivity index (χ1) is 11.4. The number of hydrogen-bond donors (Lipinski definition) is 0. The highest BCUT2D eigenvalue weighted by Crippen LogP contribution is 2.23. The molecule has 2 rings (SSSR count). The first kappa shape index (κ1) is 17.9. The summed E-state index contributed by atoms with van der Waals surface area (Å²) in [4.78, 5) is 23.5. The predicted octanol–water partition coefficient (Wildman–Crippen LogP) is 3.32. The summed E-state index contributed by atoms with van der Waals surface area (Å²) in [7, 11) is 2.80. The van der Waals surface area contributed by atoms with E-state index >= 15 is 0 Å². The molecular weight excluding hydrogens is 336 g/mol. The second kappa shape index (κ2) is 7.88. The third-order valence-electron chi connectivity index (χ3n) is 3.33. The zero-order valence-corrected chi connectivity index (χ0v) is 14.3. The van der Waals surface area contributed by atoms with Crippen LogP contribution in [0.25, 0.3) is 0 Å². The third-order valence-corrected chi connectivity index (χ3v) is 3.56. The van der Waals surface area contributed by atoms with Crippen LogP contribution in [0.5, 0.6) is 5.75 Å². The van der Waals surface area contributed by atoms with Gasteiger partial charge in [0.2, 0.25) is 0 Å². The van der Waals surface area contributed by atoms with Crippen LogP contribution in [-0.4, -0.2) is 26.2 Å². The summed E-state index contributed by atoms with van der Waals surface area (Å²) in [5.41, 5.74) is 0.931. The molecule has 0 aliphatic heterocycles. The second-order valence-corrected chi connectivity index (χ2v) is 5.40. The Morgan fingerprint density at radius 3 is 2.62 bits per heavy atom. The minimum atomic E-state index is -0.502. The number of aryl methyl sites for hydroxylation is 1. The molecule has 0 saturated carbocycles. The molecule has 0 bridgehead atoms. The van der Waals surface area contributed by atoms with E-state index in [4.69, 9.17) is 25.5 Å². The molecule has 6 nitrogen and oxygen atoms in total. The average Bonchev–Trinajstić information content (AvgIpc) is 2.93. The molecule has 1 heterocycles. The number of halogens is 1. The van der Waals surface area contributed by atoms with Crippen molar-refractivity contribution in [1.29, 1.82) is 0 Å². The maximum Gasteiger partial charge on any atom is 0.341 e. The van der Waals surface area contributed by atoms with Crippen molar-refractivity contribution in [2.75, 3.05) is 14.2 Å².